The topological polar surface area (TPSA) is 80.1 Å². The third-order valence-corrected chi connectivity index (χ3v) is 4.38. The molecule has 1 N–H and O–H groups in total. The Morgan fingerprint density at radius 2 is 2.00 bits per heavy atom. The lowest BCUT2D eigenvalue weighted by atomic mass is 10.2. The lowest BCUT2D eigenvalue weighted by Gasteiger charge is -2.20. The summed E-state index contributed by atoms with van der Waals surface area (Å²) in [5.74, 6) is -0.0258. The summed E-state index contributed by atoms with van der Waals surface area (Å²) in [7, 11) is 0. The van der Waals surface area contributed by atoms with Crippen LogP contribution in [0.1, 0.15) is 60.5 Å². The van der Waals surface area contributed by atoms with E-state index in [9.17, 15) is 14.4 Å². The number of rotatable bonds is 5. The standard InChI is InChI=1S/C20H25N3O4/c1-13(24)14-6-9-23-16(10-14)11-15-12-22(18(25)17(15)23)8-5-7-21-19(26)27-20(2,3)4/h6,9-11H,5,7-8,12H2,1-4H3,(H,21,26). The third-order valence-electron chi connectivity index (χ3n) is 4.38. The van der Waals surface area contributed by atoms with Gasteiger partial charge in [-0.1, -0.05) is 0 Å². The largest absolute Gasteiger partial charge is 0.444 e. The van der Waals surface area contributed by atoms with Gasteiger partial charge in [-0.25, -0.2) is 4.79 Å². The molecule has 0 fully saturated rings. The molecule has 0 aromatic carbocycles. The molecule has 0 radical (unpaired) electrons. The van der Waals surface area contributed by atoms with Crippen molar-refractivity contribution < 1.29 is 19.1 Å². The van der Waals surface area contributed by atoms with Crippen LogP contribution in [-0.2, 0) is 11.3 Å². The maximum absolute atomic E-state index is 12.7. The fraction of sp³-hybridized carbons (Fsp3) is 0.450. The van der Waals surface area contributed by atoms with E-state index in [-0.39, 0.29) is 11.7 Å². The summed E-state index contributed by atoms with van der Waals surface area (Å²) in [6.45, 7) is 8.50. The predicted octanol–water partition coefficient (Wildman–Crippen LogP) is 3.01. The Balaban J connectivity index is 1.58. The van der Waals surface area contributed by atoms with Crippen molar-refractivity contribution in [3.8, 4) is 0 Å². The first-order valence-corrected chi connectivity index (χ1v) is 9.07. The molecule has 7 heteroatoms. The molecule has 2 aromatic heterocycles. The van der Waals surface area contributed by atoms with Crippen LogP contribution in [-0.4, -0.2) is 45.8 Å². The Morgan fingerprint density at radius 3 is 2.67 bits per heavy atom. The number of carbonyl (C=O) groups is 3. The highest BCUT2D eigenvalue weighted by atomic mass is 16.6. The smallest absolute Gasteiger partial charge is 0.407 e. The maximum Gasteiger partial charge on any atom is 0.407 e. The molecule has 2 aromatic rings. The van der Waals surface area contributed by atoms with Crippen LogP contribution in [0.2, 0.25) is 0 Å². The number of amides is 2. The van der Waals surface area contributed by atoms with Crippen LogP contribution in [0.25, 0.3) is 5.52 Å². The van der Waals surface area contributed by atoms with Crippen LogP contribution < -0.4 is 5.32 Å². The molecule has 7 nitrogen and oxygen atoms in total. The Bertz CT molecular complexity index is 908. The van der Waals surface area contributed by atoms with E-state index in [1.807, 2.05) is 37.3 Å². The van der Waals surface area contributed by atoms with Gasteiger partial charge in [-0.15, -0.1) is 0 Å². The van der Waals surface area contributed by atoms with Crippen molar-refractivity contribution in [2.75, 3.05) is 13.1 Å². The van der Waals surface area contributed by atoms with Crippen molar-refractivity contribution >= 4 is 23.3 Å². The highest BCUT2D eigenvalue weighted by molar-refractivity contribution is 5.99. The number of hydrogen-bond donors (Lipinski definition) is 1. The lowest BCUT2D eigenvalue weighted by molar-refractivity contribution is 0.0525. The number of hydrogen-bond acceptors (Lipinski definition) is 4. The minimum absolute atomic E-state index is 0.00398. The van der Waals surface area contributed by atoms with Gasteiger partial charge in [-0.05, 0) is 52.3 Å². The van der Waals surface area contributed by atoms with Gasteiger partial charge in [0, 0.05) is 42.5 Å². The molecule has 0 spiro atoms. The summed E-state index contributed by atoms with van der Waals surface area (Å²) in [6.07, 6.45) is 1.97. The summed E-state index contributed by atoms with van der Waals surface area (Å²) in [5, 5.41) is 2.70. The van der Waals surface area contributed by atoms with E-state index in [2.05, 4.69) is 5.32 Å². The second-order valence-electron chi connectivity index (χ2n) is 7.79. The molecule has 0 unspecified atom stereocenters. The van der Waals surface area contributed by atoms with Crippen LogP contribution >= 0.6 is 0 Å². The SMILES string of the molecule is CC(=O)c1ccn2c3c(cc2c1)CN(CCCNC(=O)OC(C)(C)C)C3=O. The normalized spacial score (nSPS) is 13.8. The summed E-state index contributed by atoms with van der Waals surface area (Å²) < 4.78 is 7.02. The van der Waals surface area contributed by atoms with E-state index >= 15 is 0 Å². The van der Waals surface area contributed by atoms with Crippen LogP contribution in [0.4, 0.5) is 4.79 Å². The molecule has 27 heavy (non-hydrogen) atoms. The summed E-state index contributed by atoms with van der Waals surface area (Å²) in [4.78, 5) is 37.7. The number of nitrogens with one attached hydrogen (secondary N) is 1. The number of Topliss-reactive ketones (excluding diaryl/α,β-unsaturated/α-hetero) is 1. The van der Waals surface area contributed by atoms with Crippen LogP contribution in [0.15, 0.2) is 24.4 Å². The Hall–Kier alpha value is -2.83. The van der Waals surface area contributed by atoms with E-state index in [0.29, 0.717) is 37.3 Å². The summed E-state index contributed by atoms with van der Waals surface area (Å²) >= 11 is 0. The van der Waals surface area contributed by atoms with Crippen molar-refractivity contribution in [1.82, 2.24) is 14.6 Å². The molecule has 144 valence electrons. The van der Waals surface area contributed by atoms with E-state index in [1.54, 1.807) is 17.2 Å². The molecule has 0 saturated heterocycles. The molecule has 1 aliphatic heterocycles. The molecule has 3 heterocycles. The minimum atomic E-state index is -0.525. The molecule has 0 saturated carbocycles. The monoisotopic (exact) mass is 371 g/mol. The van der Waals surface area contributed by atoms with Gasteiger partial charge in [0.25, 0.3) is 5.91 Å². The van der Waals surface area contributed by atoms with Crippen molar-refractivity contribution in [3.63, 3.8) is 0 Å². The number of pyridine rings is 1. The van der Waals surface area contributed by atoms with Crippen LogP contribution in [0.5, 0.6) is 0 Å². The minimum Gasteiger partial charge on any atom is -0.444 e. The van der Waals surface area contributed by atoms with Crippen molar-refractivity contribution in [2.45, 2.75) is 46.3 Å². The lowest BCUT2D eigenvalue weighted by Crippen LogP contribution is -2.34. The molecular formula is C20H25N3O4. The molecule has 2 amide bonds. The summed E-state index contributed by atoms with van der Waals surface area (Å²) in [6, 6.07) is 5.50. The van der Waals surface area contributed by atoms with Crippen molar-refractivity contribution in [2.24, 2.45) is 0 Å². The van der Waals surface area contributed by atoms with Crippen molar-refractivity contribution in [3.05, 3.63) is 41.2 Å². The van der Waals surface area contributed by atoms with Crippen LogP contribution in [0, 0.1) is 0 Å². The van der Waals surface area contributed by atoms with Gasteiger partial charge in [0.05, 0.1) is 0 Å². The molecular weight excluding hydrogens is 346 g/mol. The van der Waals surface area contributed by atoms with E-state index < -0.39 is 11.7 Å². The van der Waals surface area contributed by atoms with Gasteiger partial charge >= 0.3 is 6.09 Å². The van der Waals surface area contributed by atoms with Gasteiger partial charge in [0.2, 0.25) is 0 Å². The second-order valence-corrected chi connectivity index (χ2v) is 7.79. The fourth-order valence-corrected chi connectivity index (χ4v) is 3.20. The van der Waals surface area contributed by atoms with E-state index in [4.69, 9.17) is 4.74 Å². The number of aromatic nitrogens is 1. The Kier molecular flexibility index (Phi) is 4.95. The molecule has 3 rings (SSSR count). The zero-order valence-corrected chi connectivity index (χ0v) is 16.2. The quantitative estimate of drug-likeness (QED) is 0.647. The average molecular weight is 371 g/mol. The summed E-state index contributed by atoms with van der Waals surface area (Å²) in [5.41, 5.74) is 2.58. The van der Waals surface area contributed by atoms with Crippen molar-refractivity contribution in [1.29, 1.82) is 0 Å². The zero-order valence-electron chi connectivity index (χ0n) is 16.2. The second kappa shape index (κ2) is 7.06. The highest BCUT2D eigenvalue weighted by Gasteiger charge is 2.30. The van der Waals surface area contributed by atoms with Gasteiger partial charge in [-0.2, -0.15) is 0 Å². The number of fused-ring (bicyclic) bond motifs is 3. The van der Waals surface area contributed by atoms with Crippen LogP contribution in [0.3, 0.4) is 0 Å². The zero-order chi connectivity index (χ0) is 19.8. The molecule has 1 aliphatic rings. The fourth-order valence-electron chi connectivity index (χ4n) is 3.20. The number of ketones is 1. The molecule has 0 bridgehead atoms. The first-order valence-electron chi connectivity index (χ1n) is 9.07. The number of nitrogens with zero attached hydrogens (tertiary/aromatic N) is 2. The van der Waals surface area contributed by atoms with Gasteiger partial charge in [-0.3, -0.25) is 9.59 Å². The predicted molar refractivity (Wildman–Crippen MR) is 101 cm³/mol. The first-order chi connectivity index (χ1) is 12.7. The first kappa shape index (κ1) is 18.9. The van der Waals surface area contributed by atoms with Gasteiger partial charge < -0.3 is 19.4 Å². The highest BCUT2D eigenvalue weighted by Crippen LogP contribution is 2.27. The number of alkyl carbamates (subject to hydrolysis) is 1. The van der Waals surface area contributed by atoms with E-state index in [0.717, 1.165) is 11.1 Å². The Labute approximate surface area is 158 Å². The number of ether oxygens (including phenoxy) is 1. The maximum atomic E-state index is 12.7. The van der Waals surface area contributed by atoms with E-state index in [1.165, 1.54) is 6.92 Å². The Morgan fingerprint density at radius 1 is 1.26 bits per heavy atom. The van der Waals surface area contributed by atoms with Gasteiger partial charge in [0.15, 0.2) is 5.78 Å². The molecule has 0 atom stereocenters. The number of carbonyl (C=O) groups excluding carboxylic acids is 3. The molecule has 0 aliphatic carbocycles. The van der Waals surface area contributed by atoms with Gasteiger partial charge in [0.1, 0.15) is 11.3 Å². The average Bonchev–Trinajstić information content (AvgIpc) is 3.06. The third kappa shape index (κ3) is 4.13.